The van der Waals surface area contributed by atoms with Gasteiger partial charge >= 0.3 is 0 Å². The molecule has 0 aromatic heterocycles. The number of hydrogen-bond acceptors (Lipinski definition) is 0. The summed E-state index contributed by atoms with van der Waals surface area (Å²) < 4.78 is 26.8. The summed E-state index contributed by atoms with van der Waals surface area (Å²) in [4.78, 5) is 0. The van der Waals surface area contributed by atoms with E-state index in [1.54, 1.807) is 6.07 Å². The van der Waals surface area contributed by atoms with Crippen molar-refractivity contribution >= 4 is 0 Å². The highest BCUT2D eigenvalue weighted by molar-refractivity contribution is 5.22. The second kappa shape index (κ2) is 12.5. The average molecular weight is 457 g/mol. The summed E-state index contributed by atoms with van der Waals surface area (Å²) in [6.45, 7) is 2.31. The Bertz CT molecular complexity index is 729. The van der Waals surface area contributed by atoms with Crippen LogP contribution in [-0.2, 0) is 0 Å². The quantitative estimate of drug-likeness (QED) is 0.270. The van der Waals surface area contributed by atoms with Gasteiger partial charge in [0.05, 0.1) is 0 Å². The van der Waals surface area contributed by atoms with E-state index in [-0.39, 0.29) is 0 Å². The van der Waals surface area contributed by atoms with Gasteiger partial charge in [-0.25, -0.2) is 8.78 Å². The van der Waals surface area contributed by atoms with Crippen molar-refractivity contribution in [3.8, 4) is 0 Å². The van der Waals surface area contributed by atoms with Gasteiger partial charge in [0.2, 0.25) is 0 Å². The zero-order valence-electron chi connectivity index (χ0n) is 20.9. The lowest BCUT2D eigenvalue weighted by Gasteiger charge is -2.37. The number of halogens is 2. The van der Waals surface area contributed by atoms with E-state index < -0.39 is 11.6 Å². The van der Waals surface area contributed by atoms with Crippen molar-refractivity contribution in [2.24, 2.45) is 29.6 Å². The second-order valence-electron chi connectivity index (χ2n) is 11.6. The molecular weight excluding hydrogens is 410 g/mol. The van der Waals surface area contributed by atoms with Gasteiger partial charge in [0.15, 0.2) is 11.6 Å². The minimum absolute atomic E-state index is 0.391. The van der Waals surface area contributed by atoms with Crippen LogP contribution in [0.1, 0.15) is 121 Å². The molecule has 3 saturated carbocycles. The molecule has 4 rings (SSSR count). The summed E-state index contributed by atoms with van der Waals surface area (Å²) in [5.41, 5.74) is 0.977. The highest BCUT2D eigenvalue weighted by Crippen LogP contribution is 2.43. The van der Waals surface area contributed by atoms with Crippen molar-refractivity contribution in [2.75, 3.05) is 0 Å². The van der Waals surface area contributed by atoms with Crippen molar-refractivity contribution < 1.29 is 8.78 Å². The van der Waals surface area contributed by atoms with Gasteiger partial charge in [0.25, 0.3) is 0 Å². The van der Waals surface area contributed by atoms with Crippen LogP contribution in [-0.4, -0.2) is 0 Å². The average Bonchev–Trinajstić information content (AvgIpc) is 2.86. The Labute approximate surface area is 201 Å². The summed E-state index contributed by atoms with van der Waals surface area (Å²) in [5.74, 6) is 3.46. The van der Waals surface area contributed by atoms with E-state index in [1.807, 2.05) is 0 Å². The molecule has 0 nitrogen and oxygen atoms in total. The molecule has 0 aliphatic heterocycles. The maximum Gasteiger partial charge on any atom is 0.159 e. The van der Waals surface area contributed by atoms with Gasteiger partial charge in [-0.1, -0.05) is 63.7 Å². The lowest BCUT2D eigenvalue weighted by molar-refractivity contribution is 0.151. The molecule has 0 atom stereocenters. The second-order valence-corrected chi connectivity index (χ2v) is 11.6. The van der Waals surface area contributed by atoms with Crippen LogP contribution in [0.15, 0.2) is 30.4 Å². The molecule has 0 N–H and O–H groups in total. The minimum atomic E-state index is -0.736. The topological polar surface area (TPSA) is 0 Å². The van der Waals surface area contributed by atoms with Gasteiger partial charge in [-0.05, 0) is 117 Å². The van der Waals surface area contributed by atoms with Crippen molar-refractivity contribution in [3.63, 3.8) is 0 Å². The van der Waals surface area contributed by atoms with Crippen LogP contribution >= 0.6 is 0 Å². The van der Waals surface area contributed by atoms with Crippen molar-refractivity contribution in [3.05, 3.63) is 47.5 Å². The molecule has 0 unspecified atom stereocenters. The molecule has 3 aliphatic rings. The zero-order valence-corrected chi connectivity index (χ0v) is 20.9. The van der Waals surface area contributed by atoms with Crippen molar-refractivity contribution in [1.82, 2.24) is 0 Å². The third-order valence-corrected chi connectivity index (χ3v) is 9.43. The Hall–Kier alpha value is -1.18. The Morgan fingerprint density at radius 3 is 1.85 bits per heavy atom. The predicted octanol–water partition coefficient (Wildman–Crippen LogP) is 9.99. The molecule has 0 bridgehead atoms. The van der Waals surface area contributed by atoms with E-state index in [0.717, 1.165) is 42.1 Å². The molecule has 3 fully saturated rings. The number of benzene rings is 1. The van der Waals surface area contributed by atoms with Gasteiger partial charge in [-0.15, -0.1) is 0 Å². The number of hydrogen-bond donors (Lipinski definition) is 0. The standard InChI is InChI=1S/C31H46F2/c1-2-3-4-5-23-8-14-26(15-9-23)27-16-10-24(11-17-27)6-7-25-12-18-28(19-13-25)29-20-21-30(32)31(33)22-29/h6-7,20-28H,2-5,8-19H2,1H3/t23-,24-,25-,26-,27-,28-. The molecule has 0 radical (unpaired) electrons. The Balaban J connectivity index is 1.14. The fraction of sp³-hybridized carbons (Fsp3) is 0.742. The van der Waals surface area contributed by atoms with Crippen LogP contribution in [0.3, 0.4) is 0 Å². The fourth-order valence-corrected chi connectivity index (χ4v) is 7.17. The first-order valence-electron chi connectivity index (χ1n) is 14.3. The van der Waals surface area contributed by atoms with Crippen molar-refractivity contribution in [2.45, 2.75) is 116 Å². The maximum atomic E-state index is 13.6. The largest absolute Gasteiger partial charge is 0.204 e. The molecular formula is C31H46F2. The third-order valence-electron chi connectivity index (χ3n) is 9.43. The maximum absolute atomic E-state index is 13.6. The van der Waals surface area contributed by atoms with E-state index in [0.29, 0.717) is 11.8 Å². The number of allylic oxidation sites excluding steroid dienone is 2. The SMILES string of the molecule is CCCCC[C@H]1CC[C@H]([C@H]2CC[C@H](C=C[C@H]3CC[C@H](c4ccc(F)c(F)c4)CC3)CC2)CC1. The van der Waals surface area contributed by atoms with Crippen LogP contribution in [0, 0.1) is 41.2 Å². The summed E-state index contributed by atoms with van der Waals surface area (Å²) in [6, 6.07) is 4.47. The van der Waals surface area contributed by atoms with E-state index >= 15 is 0 Å². The van der Waals surface area contributed by atoms with E-state index in [2.05, 4.69) is 19.1 Å². The summed E-state index contributed by atoms with van der Waals surface area (Å²) >= 11 is 0. The molecule has 0 amide bonds. The molecule has 0 spiro atoms. The summed E-state index contributed by atoms with van der Waals surface area (Å²) in [7, 11) is 0. The van der Waals surface area contributed by atoms with E-state index in [4.69, 9.17) is 0 Å². The zero-order chi connectivity index (χ0) is 23.0. The molecule has 1 aromatic carbocycles. The monoisotopic (exact) mass is 456 g/mol. The van der Waals surface area contributed by atoms with Crippen LogP contribution in [0.2, 0.25) is 0 Å². The first-order valence-corrected chi connectivity index (χ1v) is 14.3. The molecule has 33 heavy (non-hydrogen) atoms. The van der Waals surface area contributed by atoms with E-state index in [9.17, 15) is 8.78 Å². The smallest absolute Gasteiger partial charge is 0.159 e. The van der Waals surface area contributed by atoms with Crippen LogP contribution in [0.25, 0.3) is 0 Å². The highest BCUT2D eigenvalue weighted by Gasteiger charge is 2.30. The normalized spacial score (nSPS) is 33.4. The van der Waals surface area contributed by atoms with Crippen molar-refractivity contribution in [1.29, 1.82) is 0 Å². The predicted molar refractivity (Wildman–Crippen MR) is 135 cm³/mol. The molecule has 0 heterocycles. The fourth-order valence-electron chi connectivity index (χ4n) is 7.17. The highest BCUT2D eigenvalue weighted by atomic mass is 19.2. The summed E-state index contributed by atoms with van der Waals surface area (Å²) in [6.07, 6.45) is 27.0. The lowest BCUT2D eigenvalue weighted by atomic mass is 9.68. The van der Waals surface area contributed by atoms with Gasteiger partial charge in [0, 0.05) is 0 Å². The number of unbranched alkanes of at least 4 members (excludes halogenated alkanes) is 2. The molecule has 2 heteroatoms. The Kier molecular flexibility index (Phi) is 9.44. The van der Waals surface area contributed by atoms with E-state index in [1.165, 1.54) is 102 Å². The number of rotatable bonds is 8. The Morgan fingerprint density at radius 2 is 1.27 bits per heavy atom. The van der Waals surface area contributed by atoms with Crippen LogP contribution in [0.5, 0.6) is 0 Å². The molecule has 1 aromatic rings. The van der Waals surface area contributed by atoms with Crippen LogP contribution < -0.4 is 0 Å². The lowest BCUT2D eigenvalue weighted by Crippen LogP contribution is -2.25. The molecule has 184 valence electrons. The molecule has 0 saturated heterocycles. The van der Waals surface area contributed by atoms with Gasteiger partial charge in [-0.2, -0.15) is 0 Å². The van der Waals surface area contributed by atoms with Gasteiger partial charge in [-0.3, -0.25) is 0 Å². The first kappa shape index (κ1) is 24.9. The first-order chi connectivity index (χ1) is 16.1. The minimum Gasteiger partial charge on any atom is -0.204 e. The third kappa shape index (κ3) is 7.15. The van der Waals surface area contributed by atoms with Crippen LogP contribution in [0.4, 0.5) is 8.78 Å². The van der Waals surface area contributed by atoms with Gasteiger partial charge < -0.3 is 0 Å². The summed E-state index contributed by atoms with van der Waals surface area (Å²) in [5, 5.41) is 0. The Morgan fingerprint density at radius 1 is 0.697 bits per heavy atom. The van der Waals surface area contributed by atoms with Gasteiger partial charge in [0.1, 0.15) is 0 Å². The molecule has 3 aliphatic carbocycles.